The Balaban J connectivity index is 5.58. The number of hydrogen-bond donors (Lipinski definition) is 1. The van der Waals surface area contributed by atoms with Gasteiger partial charge in [-0.15, -0.1) is 0 Å². The molecule has 6 nitrogen and oxygen atoms in total. The summed E-state index contributed by atoms with van der Waals surface area (Å²) in [4.78, 5) is 0. The van der Waals surface area contributed by atoms with Gasteiger partial charge in [-0.05, 0) is 18.2 Å². The van der Waals surface area contributed by atoms with Crippen LogP contribution in [0.5, 0.6) is 0 Å². The first-order chi connectivity index (χ1) is 12.2. The van der Waals surface area contributed by atoms with E-state index in [0.29, 0.717) is 30.4 Å². The summed E-state index contributed by atoms with van der Waals surface area (Å²) < 4.78 is 28.6. The quantitative estimate of drug-likeness (QED) is 0.327. The van der Waals surface area contributed by atoms with Crippen LogP contribution in [0.4, 0.5) is 0 Å². The van der Waals surface area contributed by atoms with Gasteiger partial charge in [0.25, 0.3) is 0 Å². The molecule has 0 aliphatic heterocycles. The van der Waals surface area contributed by atoms with E-state index in [1.807, 2.05) is 6.92 Å². The molecule has 0 aromatic carbocycles. The molecule has 0 bridgehead atoms. The summed E-state index contributed by atoms with van der Waals surface area (Å²) in [7, 11) is 7.53. The van der Waals surface area contributed by atoms with Crippen LogP contribution in [0.2, 0.25) is 0 Å². The van der Waals surface area contributed by atoms with Gasteiger partial charge in [0, 0.05) is 47.9 Å². The number of hydrogen-bond acceptors (Lipinski definition) is 6. The predicted molar refractivity (Wildman–Crippen MR) is 113 cm³/mol. The minimum Gasteiger partial charge on any atom is -0.380 e. The van der Waals surface area contributed by atoms with Crippen LogP contribution in [-0.4, -0.2) is 69.6 Å². The van der Waals surface area contributed by atoms with Crippen molar-refractivity contribution in [2.75, 3.05) is 41.7 Å². The summed E-state index contributed by atoms with van der Waals surface area (Å²) in [5.74, 6) is 0. The summed E-state index contributed by atoms with van der Waals surface area (Å²) in [5, 5.41) is 0. The molecule has 26 heavy (non-hydrogen) atoms. The monoisotopic (exact) mass is 413 g/mol. The van der Waals surface area contributed by atoms with Crippen molar-refractivity contribution >= 4 is 17.2 Å². The highest BCUT2D eigenvalue weighted by Gasteiger charge is 2.45. The Bertz CT molecular complexity index is 334. The smallest absolute Gasteiger partial charge is 0.183 e. The predicted octanol–water partition coefficient (Wildman–Crippen LogP) is 3.57. The molecule has 0 aromatic heterocycles. The molecule has 4 unspecified atom stereocenters. The van der Waals surface area contributed by atoms with Crippen LogP contribution in [0.1, 0.15) is 47.5 Å². The van der Waals surface area contributed by atoms with Gasteiger partial charge in [-0.1, -0.05) is 44.9 Å². The Morgan fingerprint density at radius 2 is 1.12 bits per heavy atom. The van der Waals surface area contributed by atoms with Gasteiger partial charge in [0.05, 0.1) is 12.1 Å². The van der Waals surface area contributed by atoms with E-state index in [0.717, 1.165) is 12.8 Å². The zero-order valence-corrected chi connectivity index (χ0v) is 20.1. The molecule has 0 fully saturated rings. The van der Waals surface area contributed by atoms with E-state index >= 15 is 0 Å². The Hall–Kier alpha value is 0.620. The number of rotatable bonds is 15. The highest BCUT2D eigenvalue weighted by molar-refractivity contribution is 7.41. The van der Waals surface area contributed by atoms with Crippen molar-refractivity contribution in [3.8, 4) is 0 Å². The molecular formula is C18H41NO5P2. The Kier molecular flexibility index (Phi) is 12.5. The largest absolute Gasteiger partial charge is 0.380 e. The molecule has 0 saturated carbocycles. The third kappa shape index (κ3) is 6.60. The SMILES string of the molecule is CCOCC(N)(C(C)PC(CC)(OC)OC)C(C)PC(CC)(OC)OC. The third-order valence-corrected chi connectivity index (χ3v) is 9.64. The first kappa shape index (κ1) is 26.6. The zero-order chi connectivity index (χ0) is 20.4. The van der Waals surface area contributed by atoms with Crippen LogP contribution in [0.15, 0.2) is 0 Å². The molecule has 4 atom stereocenters. The lowest BCUT2D eigenvalue weighted by Gasteiger charge is -2.46. The topological polar surface area (TPSA) is 72.2 Å². The summed E-state index contributed by atoms with van der Waals surface area (Å²) >= 11 is 0. The molecule has 158 valence electrons. The maximum absolute atomic E-state index is 6.98. The third-order valence-electron chi connectivity index (χ3n) is 5.29. The molecule has 0 spiro atoms. The average Bonchev–Trinajstić information content (AvgIpc) is 2.68. The van der Waals surface area contributed by atoms with E-state index in [4.69, 9.17) is 29.4 Å². The minimum absolute atomic E-state index is 0.139. The van der Waals surface area contributed by atoms with Gasteiger partial charge in [-0.25, -0.2) is 0 Å². The molecule has 0 heterocycles. The zero-order valence-electron chi connectivity index (χ0n) is 18.1. The van der Waals surface area contributed by atoms with Gasteiger partial charge in [0.1, 0.15) is 0 Å². The average molecular weight is 413 g/mol. The second-order valence-electron chi connectivity index (χ2n) is 6.51. The fraction of sp³-hybridized carbons (Fsp3) is 1.00. The van der Waals surface area contributed by atoms with Gasteiger partial charge >= 0.3 is 0 Å². The van der Waals surface area contributed by atoms with Gasteiger partial charge in [0.2, 0.25) is 0 Å². The fourth-order valence-corrected chi connectivity index (χ4v) is 6.59. The van der Waals surface area contributed by atoms with E-state index in [-0.39, 0.29) is 11.3 Å². The minimum atomic E-state index is -0.608. The van der Waals surface area contributed by atoms with Crippen LogP contribution in [0.3, 0.4) is 0 Å². The van der Waals surface area contributed by atoms with Crippen LogP contribution in [0, 0.1) is 0 Å². The molecule has 0 aliphatic carbocycles. The Morgan fingerprint density at radius 1 is 0.769 bits per heavy atom. The molecule has 0 rings (SSSR count). The molecule has 0 amide bonds. The lowest BCUT2D eigenvalue weighted by molar-refractivity contribution is -0.139. The highest BCUT2D eigenvalue weighted by atomic mass is 31.1. The van der Waals surface area contributed by atoms with Gasteiger partial charge in [-0.3, -0.25) is 0 Å². The van der Waals surface area contributed by atoms with Gasteiger partial charge in [0.15, 0.2) is 11.1 Å². The van der Waals surface area contributed by atoms with Crippen molar-refractivity contribution < 1.29 is 23.7 Å². The second-order valence-corrected chi connectivity index (χ2v) is 10.3. The van der Waals surface area contributed by atoms with Crippen molar-refractivity contribution in [2.24, 2.45) is 5.73 Å². The van der Waals surface area contributed by atoms with Crippen molar-refractivity contribution in [1.29, 1.82) is 0 Å². The van der Waals surface area contributed by atoms with Crippen LogP contribution >= 0.6 is 17.2 Å². The lowest BCUT2D eigenvalue weighted by atomic mass is 9.94. The second kappa shape index (κ2) is 12.2. The summed E-state index contributed by atoms with van der Waals surface area (Å²) in [6.07, 6.45) is 1.53. The number of ether oxygens (including phenoxy) is 5. The molecule has 0 aromatic rings. The van der Waals surface area contributed by atoms with Crippen molar-refractivity contribution in [3.63, 3.8) is 0 Å². The fourth-order valence-electron chi connectivity index (χ4n) is 3.02. The summed E-state index contributed by atoms with van der Waals surface area (Å²) in [6, 6.07) is 0. The lowest BCUT2D eigenvalue weighted by Crippen LogP contribution is -2.60. The van der Waals surface area contributed by atoms with Crippen molar-refractivity contribution in [2.45, 2.75) is 75.4 Å². The molecule has 0 radical (unpaired) electrons. The van der Waals surface area contributed by atoms with Crippen LogP contribution in [0.25, 0.3) is 0 Å². The number of nitrogens with two attached hydrogens (primary N) is 1. The van der Waals surface area contributed by atoms with Crippen molar-refractivity contribution in [1.82, 2.24) is 0 Å². The van der Waals surface area contributed by atoms with E-state index in [9.17, 15) is 0 Å². The molecule has 8 heteroatoms. The Labute approximate surface area is 164 Å². The number of methoxy groups -OCH3 is 4. The first-order valence-electron chi connectivity index (χ1n) is 9.31. The normalized spacial score (nSPS) is 18.7. The van der Waals surface area contributed by atoms with E-state index in [2.05, 4.69) is 27.7 Å². The van der Waals surface area contributed by atoms with Crippen LogP contribution < -0.4 is 5.73 Å². The van der Waals surface area contributed by atoms with Gasteiger partial charge < -0.3 is 29.4 Å². The standard InChI is InChI=1S/C18H41NO5P2/c1-10-17(20-6,21-7)25-14(4)16(19,13-24-12-3)15(5)26-18(11-2,22-8)23-9/h14-15,25-26H,10-13,19H2,1-9H3. The van der Waals surface area contributed by atoms with Gasteiger partial charge in [-0.2, -0.15) is 0 Å². The van der Waals surface area contributed by atoms with Crippen molar-refractivity contribution in [3.05, 3.63) is 0 Å². The molecule has 2 N–H and O–H groups in total. The van der Waals surface area contributed by atoms with Crippen LogP contribution in [-0.2, 0) is 23.7 Å². The molecule has 0 aliphatic rings. The maximum Gasteiger partial charge on any atom is 0.183 e. The maximum atomic E-state index is 6.98. The van der Waals surface area contributed by atoms with E-state index in [1.165, 1.54) is 0 Å². The van der Waals surface area contributed by atoms with E-state index < -0.39 is 16.6 Å². The summed E-state index contributed by atoms with van der Waals surface area (Å²) in [6.45, 7) is 11.6. The molecule has 0 saturated heterocycles. The summed E-state index contributed by atoms with van der Waals surface area (Å²) in [5.41, 5.74) is 5.50. The Morgan fingerprint density at radius 3 is 1.35 bits per heavy atom. The highest BCUT2D eigenvalue weighted by Crippen LogP contribution is 2.49. The first-order valence-corrected chi connectivity index (χ1v) is 11.5. The molecular weight excluding hydrogens is 372 g/mol. The van der Waals surface area contributed by atoms with E-state index in [1.54, 1.807) is 28.4 Å².